The summed E-state index contributed by atoms with van der Waals surface area (Å²) in [6.07, 6.45) is -0.824. The van der Waals surface area contributed by atoms with Gasteiger partial charge >= 0.3 is 5.97 Å². The fourth-order valence-electron chi connectivity index (χ4n) is 3.80. The molecule has 0 aliphatic carbocycles. The number of benzene rings is 2. The molecule has 1 fully saturated rings. The van der Waals surface area contributed by atoms with Crippen molar-refractivity contribution >= 4 is 17.6 Å². The van der Waals surface area contributed by atoms with Crippen LogP contribution in [0.4, 0.5) is 5.69 Å². The van der Waals surface area contributed by atoms with Gasteiger partial charge in [-0.05, 0) is 29.7 Å². The lowest BCUT2D eigenvalue weighted by molar-refractivity contribution is -0.203. The monoisotopic (exact) mass is 441 g/mol. The summed E-state index contributed by atoms with van der Waals surface area (Å²) in [5.74, 6) is -2.04. The van der Waals surface area contributed by atoms with Gasteiger partial charge in [-0.3, -0.25) is 4.79 Å². The molecule has 2 aromatic rings. The summed E-state index contributed by atoms with van der Waals surface area (Å²) in [5.41, 5.74) is -0.719. The van der Waals surface area contributed by atoms with Crippen LogP contribution in [0.25, 0.3) is 0 Å². The highest BCUT2D eigenvalue weighted by Crippen LogP contribution is 2.37. The number of hydrogen-bond donors (Lipinski definition) is 2. The minimum Gasteiger partial charge on any atom is -0.479 e. The highest BCUT2D eigenvalue weighted by molar-refractivity contribution is 6.01. The summed E-state index contributed by atoms with van der Waals surface area (Å²) in [6, 6.07) is 17.4. The van der Waals surface area contributed by atoms with Crippen LogP contribution in [0.2, 0.25) is 0 Å². The van der Waals surface area contributed by atoms with Crippen LogP contribution in [0.15, 0.2) is 54.6 Å². The lowest BCUT2D eigenvalue weighted by Gasteiger charge is -2.44. The largest absolute Gasteiger partial charge is 0.479 e. The molecule has 0 bridgehead atoms. The molecule has 1 saturated heterocycles. The van der Waals surface area contributed by atoms with Crippen molar-refractivity contribution in [2.75, 3.05) is 24.7 Å². The number of anilines is 1. The molecule has 0 spiro atoms. The van der Waals surface area contributed by atoms with E-state index in [1.54, 1.807) is 26.8 Å². The molecule has 3 rings (SSSR count). The van der Waals surface area contributed by atoms with Gasteiger partial charge in [0, 0.05) is 17.6 Å². The van der Waals surface area contributed by atoms with E-state index >= 15 is 0 Å². The molecule has 2 N–H and O–H groups in total. The molecule has 1 aliphatic rings. The molecule has 0 saturated carbocycles. The second kappa shape index (κ2) is 9.81. The quantitative estimate of drug-likeness (QED) is 0.612. The number of rotatable bonds is 8. The molecule has 172 valence electrons. The van der Waals surface area contributed by atoms with Gasteiger partial charge in [0.05, 0.1) is 19.8 Å². The van der Waals surface area contributed by atoms with Crippen molar-refractivity contribution in [3.8, 4) is 0 Å². The fraction of sp³-hybridized carbons (Fsp3) is 0.440. The lowest BCUT2D eigenvalue weighted by atomic mass is 9.72. The molecule has 1 aliphatic heterocycles. The SMILES string of the molecule is CC(C)(C)[C@](O)(C(=O)O)[C@H]1OCCN(c2cccc(CCOCc3ccccc3)c2)C1=O. The Morgan fingerprint density at radius 1 is 1.12 bits per heavy atom. The van der Waals surface area contributed by atoms with Gasteiger partial charge in [0.2, 0.25) is 5.60 Å². The van der Waals surface area contributed by atoms with Gasteiger partial charge in [-0.15, -0.1) is 0 Å². The lowest BCUT2D eigenvalue weighted by Crippen LogP contribution is -2.66. The third-order valence-electron chi connectivity index (χ3n) is 5.81. The Morgan fingerprint density at radius 3 is 2.47 bits per heavy atom. The molecule has 0 aromatic heterocycles. The number of morpholine rings is 1. The molecule has 1 heterocycles. The van der Waals surface area contributed by atoms with Gasteiger partial charge in [0.25, 0.3) is 5.91 Å². The average molecular weight is 442 g/mol. The summed E-state index contributed by atoms with van der Waals surface area (Å²) in [5, 5.41) is 20.7. The maximum atomic E-state index is 13.2. The molecule has 0 unspecified atom stereocenters. The van der Waals surface area contributed by atoms with E-state index in [-0.39, 0.29) is 13.2 Å². The van der Waals surface area contributed by atoms with E-state index in [2.05, 4.69) is 0 Å². The van der Waals surface area contributed by atoms with Crippen LogP contribution in [0, 0.1) is 5.41 Å². The zero-order chi connectivity index (χ0) is 23.4. The Bertz CT molecular complexity index is 939. The van der Waals surface area contributed by atoms with Gasteiger partial charge in [0.15, 0.2) is 6.10 Å². The minimum atomic E-state index is -2.36. The Labute approximate surface area is 188 Å². The minimum absolute atomic E-state index is 0.131. The molecular weight excluding hydrogens is 410 g/mol. The number of carbonyl (C=O) groups is 2. The first-order valence-corrected chi connectivity index (χ1v) is 10.7. The highest BCUT2D eigenvalue weighted by Gasteiger charge is 2.58. The number of aliphatic carboxylic acids is 1. The first kappa shape index (κ1) is 23.9. The summed E-state index contributed by atoms with van der Waals surface area (Å²) in [7, 11) is 0. The predicted octanol–water partition coefficient (Wildman–Crippen LogP) is 3.04. The Hall–Kier alpha value is -2.74. The van der Waals surface area contributed by atoms with Crippen molar-refractivity contribution in [1.82, 2.24) is 0 Å². The Kier molecular flexibility index (Phi) is 7.33. The van der Waals surface area contributed by atoms with Gasteiger partial charge < -0.3 is 24.6 Å². The molecule has 7 heteroatoms. The Balaban J connectivity index is 1.69. The van der Waals surface area contributed by atoms with Gasteiger partial charge in [0.1, 0.15) is 0 Å². The van der Waals surface area contributed by atoms with Crippen LogP contribution in [0.1, 0.15) is 31.9 Å². The van der Waals surface area contributed by atoms with Gasteiger partial charge in [-0.1, -0.05) is 63.2 Å². The molecule has 7 nitrogen and oxygen atoms in total. The molecule has 2 atom stereocenters. The second-order valence-corrected chi connectivity index (χ2v) is 9.02. The van der Waals surface area contributed by atoms with Crippen molar-refractivity contribution in [2.45, 2.75) is 45.5 Å². The van der Waals surface area contributed by atoms with E-state index in [9.17, 15) is 19.8 Å². The zero-order valence-corrected chi connectivity index (χ0v) is 18.8. The van der Waals surface area contributed by atoms with E-state index in [0.717, 1.165) is 11.1 Å². The van der Waals surface area contributed by atoms with Crippen LogP contribution >= 0.6 is 0 Å². The second-order valence-electron chi connectivity index (χ2n) is 9.02. The number of nitrogens with zero attached hydrogens (tertiary/aromatic N) is 1. The topological polar surface area (TPSA) is 96.3 Å². The first-order valence-electron chi connectivity index (χ1n) is 10.7. The number of hydrogen-bond acceptors (Lipinski definition) is 5. The number of carboxylic acid groups (broad SMARTS) is 1. The van der Waals surface area contributed by atoms with Crippen LogP contribution in [-0.2, 0) is 32.1 Å². The summed E-state index contributed by atoms with van der Waals surface area (Å²) < 4.78 is 11.3. The van der Waals surface area contributed by atoms with Crippen LogP contribution in [0.5, 0.6) is 0 Å². The first-order chi connectivity index (χ1) is 15.1. The third-order valence-corrected chi connectivity index (χ3v) is 5.81. The highest BCUT2D eigenvalue weighted by atomic mass is 16.5. The number of ether oxygens (including phenoxy) is 2. The Morgan fingerprint density at radius 2 is 1.81 bits per heavy atom. The van der Waals surface area contributed by atoms with Crippen LogP contribution < -0.4 is 4.90 Å². The van der Waals surface area contributed by atoms with Crippen molar-refractivity contribution in [2.24, 2.45) is 5.41 Å². The van der Waals surface area contributed by atoms with Crippen LogP contribution in [-0.4, -0.2) is 53.6 Å². The third kappa shape index (κ3) is 5.01. The predicted molar refractivity (Wildman–Crippen MR) is 120 cm³/mol. The van der Waals surface area contributed by atoms with E-state index < -0.39 is 29.0 Å². The van der Waals surface area contributed by atoms with E-state index in [1.165, 1.54) is 4.90 Å². The van der Waals surface area contributed by atoms with Crippen molar-refractivity contribution in [3.05, 3.63) is 65.7 Å². The maximum Gasteiger partial charge on any atom is 0.339 e. The maximum absolute atomic E-state index is 13.2. The van der Waals surface area contributed by atoms with Crippen LogP contribution in [0.3, 0.4) is 0 Å². The molecular formula is C25H31NO6. The molecule has 1 amide bonds. The standard InChI is InChI=1S/C25H31NO6/c1-24(2,3)25(30,23(28)29)21-22(27)26(13-15-32-21)20-11-7-10-18(16-20)12-14-31-17-19-8-5-4-6-9-19/h4-11,16,21,30H,12-15,17H2,1-3H3,(H,28,29)/t21-,25+/m0/s1. The average Bonchev–Trinajstić information content (AvgIpc) is 2.76. The molecule has 32 heavy (non-hydrogen) atoms. The summed E-state index contributed by atoms with van der Waals surface area (Å²) in [4.78, 5) is 26.6. The normalized spacial score (nSPS) is 18.9. The summed E-state index contributed by atoms with van der Waals surface area (Å²) in [6.45, 7) is 6.20. The fourth-order valence-corrected chi connectivity index (χ4v) is 3.80. The van der Waals surface area contributed by atoms with E-state index in [4.69, 9.17) is 9.47 Å². The van der Waals surface area contributed by atoms with Gasteiger partial charge in [-0.25, -0.2) is 4.79 Å². The number of amides is 1. The van der Waals surface area contributed by atoms with Gasteiger partial charge in [-0.2, -0.15) is 0 Å². The summed E-state index contributed by atoms with van der Waals surface area (Å²) >= 11 is 0. The number of carboxylic acids is 1. The van der Waals surface area contributed by atoms with E-state index in [1.807, 2.05) is 48.5 Å². The molecule has 0 radical (unpaired) electrons. The van der Waals surface area contributed by atoms with Crippen molar-refractivity contribution in [1.29, 1.82) is 0 Å². The van der Waals surface area contributed by atoms with Crippen molar-refractivity contribution < 1.29 is 29.3 Å². The number of aliphatic hydroxyl groups is 1. The number of carbonyl (C=O) groups excluding carboxylic acids is 1. The van der Waals surface area contributed by atoms with E-state index in [0.29, 0.717) is 25.3 Å². The smallest absolute Gasteiger partial charge is 0.339 e. The molecule has 2 aromatic carbocycles. The zero-order valence-electron chi connectivity index (χ0n) is 18.8. The van der Waals surface area contributed by atoms with Crippen molar-refractivity contribution in [3.63, 3.8) is 0 Å².